The lowest BCUT2D eigenvalue weighted by Gasteiger charge is -2.15. The summed E-state index contributed by atoms with van der Waals surface area (Å²) >= 11 is 0. The number of allylic oxidation sites excluding steroid dienone is 1. The van der Waals surface area contributed by atoms with Gasteiger partial charge in [0.15, 0.2) is 0 Å². The molecule has 3 aliphatic heterocycles. The number of aromatic amines is 1. The first-order chi connectivity index (χ1) is 18.8. The van der Waals surface area contributed by atoms with E-state index in [0.717, 1.165) is 49.3 Å². The Balaban J connectivity index is 0.979. The lowest BCUT2D eigenvalue weighted by atomic mass is 9.96. The highest BCUT2D eigenvalue weighted by atomic mass is 15.0. The summed E-state index contributed by atoms with van der Waals surface area (Å²) in [5, 5.41) is 7.32. The largest absolute Gasteiger partial charge is 0.341 e. The maximum absolute atomic E-state index is 4.83. The minimum Gasteiger partial charge on any atom is -0.341 e. The van der Waals surface area contributed by atoms with E-state index in [4.69, 9.17) is 4.99 Å². The minimum atomic E-state index is 0.360. The molecule has 0 bridgehead atoms. The van der Waals surface area contributed by atoms with Gasteiger partial charge in [0.05, 0.1) is 17.9 Å². The second kappa shape index (κ2) is 10.2. The van der Waals surface area contributed by atoms with E-state index in [-0.39, 0.29) is 0 Å². The maximum atomic E-state index is 4.83. The van der Waals surface area contributed by atoms with E-state index in [1.165, 1.54) is 40.0 Å². The third kappa shape index (κ3) is 4.64. The van der Waals surface area contributed by atoms with Crippen LogP contribution in [0.4, 0.5) is 0 Å². The van der Waals surface area contributed by atoms with Crippen molar-refractivity contribution in [3.63, 3.8) is 0 Å². The number of aromatic nitrogens is 2. The van der Waals surface area contributed by atoms with Gasteiger partial charge in [-0.15, -0.1) is 0 Å². The summed E-state index contributed by atoms with van der Waals surface area (Å²) in [7, 11) is 0. The molecule has 3 N–H and O–H groups in total. The second-order valence-electron chi connectivity index (χ2n) is 10.7. The molecule has 1 unspecified atom stereocenters. The Morgan fingerprint density at radius 1 is 0.684 bits per heavy atom. The Labute approximate surface area is 224 Å². The van der Waals surface area contributed by atoms with Crippen molar-refractivity contribution in [2.75, 3.05) is 6.54 Å². The fourth-order valence-electron chi connectivity index (χ4n) is 6.09. The van der Waals surface area contributed by atoms with Gasteiger partial charge in [-0.05, 0) is 65.6 Å². The highest BCUT2D eigenvalue weighted by Crippen LogP contribution is 2.33. The molecular formula is C33H33N5. The van der Waals surface area contributed by atoms with Crippen LogP contribution in [-0.2, 0) is 0 Å². The van der Waals surface area contributed by atoms with Crippen molar-refractivity contribution < 1.29 is 0 Å². The van der Waals surface area contributed by atoms with Crippen LogP contribution in [0.25, 0.3) is 28.0 Å². The lowest BCUT2D eigenvalue weighted by molar-refractivity contribution is 0.613. The molecule has 190 valence electrons. The number of H-pyrrole nitrogens is 1. The van der Waals surface area contributed by atoms with Crippen LogP contribution >= 0.6 is 0 Å². The summed E-state index contributed by atoms with van der Waals surface area (Å²) < 4.78 is 0. The number of benzene rings is 3. The van der Waals surface area contributed by atoms with E-state index in [1.54, 1.807) is 0 Å². The quantitative estimate of drug-likeness (QED) is 0.272. The standard InChI is InChI=1S/C33H33N5/c1-2-5-25(6-3-1)28-16-17-29(37-28)31-19-27(20-35-31)24-10-8-22(9-11-24)23-12-14-26(15-13-23)32-21-36-33(38-32)30-7-4-18-34-30/h1-3,5-6,8-15,20-21,28-30,34,37H,4,7,16-19H2,(H,36,38)/t28-,29+,30?/m1/s1. The maximum Gasteiger partial charge on any atom is 0.123 e. The molecule has 1 aromatic heterocycles. The van der Waals surface area contributed by atoms with Crippen LogP contribution in [-0.4, -0.2) is 28.3 Å². The summed E-state index contributed by atoms with van der Waals surface area (Å²) in [5.74, 6) is 1.05. The molecule has 7 rings (SSSR count). The van der Waals surface area contributed by atoms with Gasteiger partial charge in [-0.2, -0.15) is 0 Å². The molecule has 3 aliphatic rings. The van der Waals surface area contributed by atoms with Gasteiger partial charge in [0, 0.05) is 30.4 Å². The predicted octanol–water partition coefficient (Wildman–Crippen LogP) is 6.85. The average Bonchev–Trinajstić information content (AvgIpc) is 3.80. The molecule has 0 saturated carbocycles. The molecule has 5 heteroatoms. The topological polar surface area (TPSA) is 65.1 Å². The summed E-state index contributed by atoms with van der Waals surface area (Å²) in [6.07, 6.45) is 9.62. The zero-order valence-electron chi connectivity index (χ0n) is 21.5. The summed E-state index contributed by atoms with van der Waals surface area (Å²) in [5.41, 5.74) is 9.89. The Bertz CT molecular complexity index is 1460. The fourth-order valence-corrected chi connectivity index (χ4v) is 6.09. The van der Waals surface area contributed by atoms with Crippen molar-refractivity contribution in [1.29, 1.82) is 0 Å². The molecule has 0 spiro atoms. The highest BCUT2D eigenvalue weighted by Gasteiger charge is 2.30. The fraction of sp³-hybridized carbons (Fsp3) is 0.273. The van der Waals surface area contributed by atoms with Gasteiger partial charge in [-0.3, -0.25) is 4.99 Å². The molecule has 3 aromatic carbocycles. The molecule has 38 heavy (non-hydrogen) atoms. The Kier molecular flexibility index (Phi) is 6.24. The molecule has 2 fully saturated rings. The van der Waals surface area contributed by atoms with E-state index < -0.39 is 0 Å². The molecule has 4 aromatic rings. The summed E-state index contributed by atoms with van der Waals surface area (Å²) in [6.45, 7) is 1.08. The second-order valence-corrected chi connectivity index (χ2v) is 10.7. The smallest absolute Gasteiger partial charge is 0.123 e. The van der Waals surface area contributed by atoms with Crippen molar-refractivity contribution in [2.45, 2.75) is 50.2 Å². The number of nitrogens with zero attached hydrogens (tertiary/aromatic N) is 2. The van der Waals surface area contributed by atoms with Gasteiger partial charge >= 0.3 is 0 Å². The van der Waals surface area contributed by atoms with Crippen LogP contribution < -0.4 is 10.6 Å². The van der Waals surface area contributed by atoms with Crippen LogP contribution in [0, 0.1) is 0 Å². The Morgan fingerprint density at radius 2 is 1.39 bits per heavy atom. The van der Waals surface area contributed by atoms with Crippen LogP contribution in [0.2, 0.25) is 0 Å². The molecule has 0 radical (unpaired) electrons. The summed E-state index contributed by atoms with van der Waals surface area (Å²) in [4.78, 5) is 13.0. The van der Waals surface area contributed by atoms with Gasteiger partial charge in [0.1, 0.15) is 5.82 Å². The number of hydrogen-bond donors (Lipinski definition) is 3. The van der Waals surface area contributed by atoms with Crippen molar-refractivity contribution in [3.8, 4) is 22.4 Å². The van der Waals surface area contributed by atoms with Crippen molar-refractivity contribution >= 4 is 11.3 Å². The van der Waals surface area contributed by atoms with E-state index in [2.05, 4.69) is 106 Å². The van der Waals surface area contributed by atoms with Gasteiger partial charge in [0.25, 0.3) is 0 Å². The molecule has 0 amide bonds. The SMILES string of the molecule is C1=C(c2ccc(-c3ccc(-c4cnc(C5CCCN5)[nH]4)cc3)cc2)CC([C@@H]2CC[C@H](c3ccccc3)N2)=N1. The van der Waals surface area contributed by atoms with Crippen molar-refractivity contribution in [2.24, 2.45) is 4.99 Å². The predicted molar refractivity (Wildman–Crippen MR) is 155 cm³/mol. The van der Waals surface area contributed by atoms with Crippen LogP contribution in [0.5, 0.6) is 0 Å². The van der Waals surface area contributed by atoms with Gasteiger partial charge in [0.2, 0.25) is 0 Å². The number of imidazole rings is 1. The number of nitrogens with one attached hydrogen (secondary N) is 3. The first kappa shape index (κ1) is 23.3. The number of hydrogen-bond acceptors (Lipinski definition) is 4. The molecule has 2 saturated heterocycles. The third-order valence-corrected chi connectivity index (χ3v) is 8.28. The Hall–Kier alpha value is -3.80. The Morgan fingerprint density at radius 3 is 2.13 bits per heavy atom. The van der Waals surface area contributed by atoms with E-state index in [1.807, 2.05) is 6.20 Å². The third-order valence-electron chi connectivity index (χ3n) is 8.28. The van der Waals surface area contributed by atoms with Gasteiger partial charge in [-0.25, -0.2) is 4.98 Å². The highest BCUT2D eigenvalue weighted by molar-refractivity contribution is 6.01. The van der Waals surface area contributed by atoms with Gasteiger partial charge in [-0.1, -0.05) is 78.9 Å². The normalized spacial score (nSPS) is 23.0. The van der Waals surface area contributed by atoms with E-state index in [0.29, 0.717) is 18.1 Å². The molecule has 3 atom stereocenters. The summed E-state index contributed by atoms with van der Waals surface area (Å²) in [6, 6.07) is 29.6. The van der Waals surface area contributed by atoms with E-state index in [9.17, 15) is 0 Å². The minimum absolute atomic E-state index is 0.360. The molecule has 0 aliphatic carbocycles. The number of aliphatic imine (C=N–C) groups is 1. The van der Waals surface area contributed by atoms with Crippen LogP contribution in [0.3, 0.4) is 0 Å². The average molecular weight is 500 g/mol. The van der Waals surface area contributed by atoms with E-state index >= 15 is 0 Å². The molecule has 5 nitrogen and oxygen atoms in total. The first-order valence-electron chi connectivity index (χ1n) is 13.9. The molecule has 4 heterocycles. The molecular weight excluding hydrogens is 466 g/mol. The van der Waals surface area contributed by atoms with Crippen LogP contribution in [0.1, 0.15) is 61.1 Å². The number of rotatable bonds is 6. The van der Waals surface area contributed by atoms with Crippen molar-refractivity contribution in [1.82, 2.24) is 20.6 Å². The van der Waals surface area contributed by atoms with Crippen molar-refractivity contribution in [3.05, 3.63) is 108 Å². The lowest BCUT2D eigenvalue weighted by Crippen LogP contribution is -2.31. The monoisotopic (exact) mass is 499 g/mol. The first-order valence-corrected chi connectivity index (χ1v) is 13.9. The zero-order chi connectivity index (χ0) is 25.3. The zero-order valence-corrected chi connectivity index (χ0v) is 21.5. The van der Waals surface area contributed by atoms with Gasteiger partial charge < -0.3 is 15.6 Å². The van der Waals surface area contributed by atoms with Crippen LogP contribution in [0.15, 0.2) is 96.3 Å².